The number of rotatable bonds is 6. The van der Waals surface area contributed by atoms with E-state index >= 15 is 0 Å². The van der Waals surface area contributed by atoms with Crippen LogP contribution in [0.1, 0.15) is 19.4 Å². The number of benzene rings is 3. The molecule has 0 aromatic heterocycles. The van der Waals surface area contributed by atoms with E-state index in [1.54, 1.807) is 0 Å². The number of hydrogen-bond acceptors (Lipinski definition) is 3. The van der Waals surface area contributed by atoms with E-state index in [1.165, 1.54) is 17.0 Å². The predicted molar refractivity (Wildman–Crippen MR) is 146 cm³/mol. The fourth-order valence-corrected chi connectivity index (χ4v) is 4.83. The number of hydrogen-bond donors (Lipinski definition) is 0. The molecule has 0 saturated carbocycles. The maximum atomic E-state index is 9.87. The van der Waals surface area contributed by atoms with Crippen LogP contribution >= 0.6 is 16.0 Å². The summed E-state index contributed by atoms with van der Waals surface area (Å²) in [6, 6.07) is 29.0. The van der Waals surface area contributed by atoms with Gasteiger partial charge < -0.3 is 9.26 Å². The van der Waals surface area contributed by atoms with Crippen molar-refractivity contribution < 1.29 is 54.9 Å². The molecule has 3 radical (unpaired) electrons. The van der Waals surface area contributed by atoms with Crippen LogP contribution in [0.25, 0.3) is 0 Å². The Labute approximate surface area is 240 Å². The Bertz CT molecular complexity index is 1130. The summed E-state index contributed by atoms with van der Waals surface area (Å²) < 4.78 is 71.7. The molecule has 0 bridgehead atoms. The zero-order valence-corrected chi connectivity index (χ0v) is 24.5. The summed E-state index contributed by atoms with van der Waals surface area (Å²) in [5, 5.41) is 2.35. The molecule has 3 aromatic carbocycles. The van der Waals surface area contributed by atoms with Gasteiger partial charge in [-0.1, -0.05) is 86.6 Å². The van der Waals surface area contributed by atoms with Crippen molar-refractivity contribution in [2.75, 3.05) is 6.61 Å². The topological polar surface area (TPSA) is 30.8 Å². The molecular weight excluding hydrogens is 653 g/mol. The predicted octanol–water partition coefficient (Wildman–Crippen LogP) is 9.15. The van der Waals surface area contributed by atoms with Crippen LogP contribution < -0.4 is 15.1 Å². The molecular formula is C27H29F6NO2P2Pd+. The van der Waals surface area contributed by atoms with Crippen molar-refractivity contribution in [3.05, 3.63) is 111 Å². The Morgan fingerprint density at radius 3 is 1.67 bits per heavy atom. The molecule has 0 spiro atoms. The van der Waals surface area contributed by atoms with Gasteiger partial charge in [0.05, 0.1) is 11.6 Å². The van der Waals surface area contributed by atoms with Crippen LogP contribution in [0.5, 0.6) is 5.75 Å². The Kier molecular flexibility index (Phi) is 12.7. The van der Waals surface area contributed by atoms with Crippen molar-refractivity contribution in [3.8, 4) is 5.75 Å². The molecule has 1 aliphatic rings. The van der Waals surface area contributed by atoms with Gasteiger partial charge in [0, 0.05) is 10.6 Å². The Balaban J connectivity index is 0.000000597. The van der Waals surface area contributed by atoms with E-state index in [0.29, 0.717) is 18.4 Å². The smallest absolute Gasteiger partial charge is 0.0499 e. The van der Waals surface area contributed by atoms with Gasteiger partial charge >= 0.3 is 53.4 Å². The second kappa shape index (κ2) is 14.1. The van der Waals surface area contributed by atoms with Crippen LogP contribution in [-0.2, 0) is 25.2 Å². The molecule has 3 aromatic rings. The number of aliphatic imine (C=N–C) groups is 1. The first kappa shape index (κ1) is 35.1. The maximum Gasteiger partial charge on any atom is 2.00 e. The number of para-hydroxylation sites is 1. The van der Waals surface area contributed by atoms with E-state index in [0.717, 1.165) is 11.3 Å². The molecule has 1 heterocycles. The fourth-order valence-electron chi connectivity index (χ4n) is 3.08. The summed E-state index contributed by atoms with van der Waals surface area (Å²) in [5.41, 5.74) is 0.921. The normalized spacial score (nSPS) is 16.2. The van der Waals surface area contributed by atoms with Crippen molar-refractivity contribution in [3.63, 3.8) is 0 Å². The van der Waals surface area contributed by atoms with E-state index < -0.39 is 16.0 Å². The third-order valence-electron chi connectivity index (χ3n) is 4.73. The molecule has 215 valence electrons. The number of nitrogens with zero attached hydrogens (tertiary/aromatic N) is 1. The van der Waals surface area contributed by atoms with Gasteiger partial charge in [0.15, 0.2) is 8.15 Å². The average molecular weight is 682 g/mol. The first-order valence-corrected chi connectivity index (χ1v) is 14.7. The van der Waals surface area contributed by atoms with E-state index in [1.807, 2.05) is 36.4 Å². The average Bonchev–Trinajstić information content (AvgIpc) is 3.33. The van der Waals surface area contributed by atoms with Gasteiger partial charge in [-0.2, -0.15) is 0 Å². The summed E-state index contributed by atoms with van der Waals surface area (Å²) in [4.78, 5) is 4.79. The van der Waals surface area contributed by atoms with Gasteiger partial charge in [-0.15, -0.1) is 0 Å². The van der Waals surface area contributed by atoms with E-state index in [-0.39, 0.29) is 26.5 Å². The summed E-state index contributed by atoms with van der Waals surface area (Å²) >= 11 is 0. The molecule has 12 heteroatoms. The summed E-state index contributed by atoms with van der Waals surface area (Å²) in [5.74, 6) is 1.95. The fraction of sp³-hybridized carbons (Fsp3) is 0.185. The maximum absolute atomic E-state index is 10.7. The Hall–Kier alpha value is -1.97. The van der Waals surface area contributed by atoms with Gasteiger partial charge in [-0.25, -0.2) is 4.99 Å². The summed E-state index contributed by atoms with van der Waals surface area (Å²) in [7, 11) is -11.6. The zero-order valence-electron chi connectivity index (χ0n) is 21.2. The molecule has 1 atom stereocenters. The first-order chi connectivity index (χ1) is 17.6. The summed E-state index contributed by atoms with van der Waals surface area (Å²) in [6.45, 7) is 11.5. The molecule has 0 fully saturated rings. The second-order valence-electron chi connectivity index (χ2n) is 8.36. The third-order valence-corrected chi connectivity index (χ3v) is 6.65. The van der Waals surface area contributed by atoms with Crippen molar-refractivity contribution in [1.29, 1.82) is 0 Å². The quantitative estimate of drug-likeness (QED) is 0.148. The SMILES string of the molecule is CC(C)[C@H]1COC(c2ccccc2OP(c2ccccc2)c2ccccc2)=N1.F[P-](F)(F)(F)(F)F.[CH2][CH][CH2].[Pd+2]. The summed E-state index contributed by atoms with van der Waals surface area (Å²) in [6.07, 6.45) is 1.50. The van der Waals surface area contributed by atoms with E-state index in [4.69, 9.17) is 14.3 Å². The van der Waals surface area contributed by atoms with Gasteiger partial charge in [0.1, 0.15) is 12.4 Å². The number of ether oxygens (including phenoxy) is 1. The van der Waals surface area contributed by atoms with Crippen LogP contribution in [0.3, 0.4) is 0 Å². The van der Waals surface area contributed by atoms with Crippen LogP contribution in [-0.4, -0.2) is 18.5 Å². The Morgan fingerprint density at radius 2 is 1.26 bits per heavy atom. The van der Waals surface area contributed by atoms with Gasteiger partial charge in [-0.05, 0) is 38.3 Å². The van der Waals surface area contributed by atoms with Crippen LogP contribution in [0.15, 0.2) is 89.9 Å². The van der Waals surface area contributed by atoms with Gasteiger partial charge in [0.25, 0.3) is 0 Å². The monoisotopic (exact) mass is 681 g/mol. The number of halogens is 6. The third kappa shape index (κ3) is 14.3. The molecule has 0 unspecified atom stereocenters. The molecule has 39 heavy (non-hydrogen) atoms. The molecule has 0 aliphatic carbocycles. The van der Waals surface area contributed by atoms with Crippen LogP contribution in [0, 0.1) is 26.2 Å². The van der Waals surface area contributed by atoms with E-state index in [2.05, 4.69) is 76.2 Å². The van der Waals surface area contributed by atoms with Gasteiger partial charge in [-0.3, -0.25) is 0 Å². The standard InChI is InChI=1S/C24H24NO2P.C3H5.F6P.Pd/c1-18(2)22-17-26-24(25-22)21-15-9-10-16-23(21)27-28(19-11-5-3-6-12-19)20-13-7-4-8-14-20;1-3-2;1-7(2,3,4,5)6;/h3-16,18,22H,17H2,1-2H3;3H,1-2H2;;/q;;-1;+2/t22-;;;/m1.../s1. The van der Waals surface area contributed by atoms with Crippen molar-refractivity contribution in [2.24, 2.45) is 10.9 Å². The molecule has 4 rings (SSSR count). The van der Waals surface area contributed by atoms with Crippen molar-refractivity contribution >= 4 is 32.5 Å². The second-order valence-corrected chi connectivity index (χ2v) is 12.1. The van der Waals surface area contributed by atoms with Crippen LogP contribution in [0.2, 0.25) is 0 Å². The largest absolute Gasteiger partial charge is 2.00 e. The molecule has 0 saturated heterocycles. The van der Waals surface area contributed by atoms with Crippen LogP contribution in [0.4, 0.5) is 25.2 Å². The minimum atomic E-state index is -10.7. The van der Waals surface area contributed by atoms with Crippen molar-refractivity contribution in [1.82, 2.24) is 0 Å². The minimum Gasteiger partial charge on any atom is -0.0499 e. The van der Waals surface area contributed by atoms with E-state index in [9.17, 15) is 25.2 Å². The zero-order chi connectivity index (χ0) is 28.5. The molecule has 0 N–H and O–H groups in total. The van der Waals surface area contributed by atoms with Crippen molar-refractivity contribution in [2.45, 2.75) is 19.9 Å². The molecule has 3 nitrogen and oxygen atoms in total. The van der Waals surface area contributed by atoms with Gasteiger partial charge in [0.2, 0.25) is 5.90 Å². The Morgan fingerprint density at radius 1 is 0.846 bits per heavy atom. The minimum absolute atomic E-state index is 0. The molecule has 1 aliphatic heterocycles. The molecule has 0 amide bonds. The first-order valence-electron chi connectivity index (χ1n) is 11.4.